The number of carbonyl (C=O) groups is 2. The van der Waals surface area contributed by atoms with Gasteiger partial charge >= 0.3 is 5.97 Å². The molecule has 0 aliphatic rings. The van der Waals surface area contributed by atoms with Crippen LogP contribution in [0.1, 0.15) is 26.4 Å². The zero-order valence-corrected chi connectivity index (χ0v) is 16.2. The van der Waals surface area contributed by atoms with Crippen molar-refractivity contribution in [2.24, 2.45) is 5.10 Å². The topological polar surface area (TPSA) is 112 Å². The molecular weight excluding hydrogens is 388 g/mol. The fraction of sp³-hybridized carbons (Fsp3) is 0.0952. The van der Waals surface area contributed by atoms with Crippen molar-refractivity contribution in [1.82, 2.24) is 15.4 Å². The number of hydrogen-bond donors (Lipinski definition) is 1. The van der Waals surface area contributed by atoms with Gasteiger partial charge in [-0.25, -0.2) is 15.2 Å². The zero-order chi connectivity index (χ0) is 21.3. The SMILES string of the molecule is COc1ccc(C(=O)Oc2ccc(/C=N\NC(=O)c3cnccn3)cc2)cc1OC. The van der Waals surface area contributed by atoms with Crippen LogP contribution in [0, 0.1) is 0 Å². The van der Waals surface area contributed by atoms with E-state index < -0.39 is 11.9 Å². The van der Waals surface area contributed by atoms with Crippen LogP contribution in [0.25, 0.3) is 0 Å². The lowest BCUT2D eigenvalue weighted by Gasteiger charge is -2.09. The van der Waals surface area contributed by atoms with Gasteiger partial charge in [0.05, 0.1) is 32.2 Å². The van der Waals surface area contributed by atoms with Gasteiger partial charge in [0.15, 0.2) is 11.5 Å². The van der Waals surface area contributed by atoms with E-state index >= 15 is 0 Å². The Balaban J connectivity index is 1.59. The number of ether oxygens (including phenoxy) is 3. The Labute approximate surface area is 172 Å². The third-order valence-corrected chi connectivity index (χ3v) is 3.89. The van der Waals surface area contributed by atoms with Crippen molar-refractivity contribution in [2.75, 3.05) is 14.2 Å². The van der Waals surface area contributed by atoms with E-state index in [1.807, 2.05) is 0 Å². The molecule has 1 aromatic heterocycles. The van der Waals surface area contributed by atoms with Gasteiger partial charge in [-0.2, -0.15) is 5.10 Å². The fourth-order valence-corrected chi connectivity index (χ4v) is 2.39. The lowest BCUT2D eigenvalue weighted by Crippen LogP contribution is -2.19. The quantitative estimate of drug-likeness (QED) is 0.278. The average Bonchev–Trinajstić information content (AvgIpc) is 2.80. The Hall–Kier alpha value is -4.27. The molecule has 0 aliphatic heterocycles. The summed E-state index contributed by atoms with van der Waals surface area (Å²) in [6, 6.07) is 11.4. The van der Waals surface area contributed by atoms with E-state index in [2.05, 4.69) is 20.5 Å². The molecule has 152 valence electrons. The van der Waals surface area contributed by atoms with E-state index in [-0.39, 0.29) is 5.69 Å². The van der Waals surface area contributed by atoms with Gasteiger partial charge in [-0.05, 0) is 48.0 Å². The highest BCUT2D eigenvalue weighted by Gasteiger charge is 2.13. The minimum Gasteiger partial charge on any atom is -0.493 e. The molecule has 3 rings (SSSR count). The summed E-state index contributed by atoms with van der Waals surface area (Å²) in [6.45, 7) is 0. The molecule has 1 amide bonds. The third-order valence-electron chi connectivity index (χ3n) is 3.89. The molecule has 0 unspecified atom stereocenters. The first kappa shape index (κ1) is 20.5. The van der Waals surface area contributed by atoms with Crippen LogP contribution in [0.3, 0.4) is 0 Å². The second kappa shape index (κ2) is 9.78. The summed E-state index contributed by atoms with van der Waals surface area (Å²) in [5.41, 5.74) is 3.53. The standard InChI is InChI=1S/C21H18N4O5/c1-28-18-8-5-15(11-19(18)29-2)21(27)30-16-6-3-14(4-7-16)12-24-25-20(26)17-13-22-9-10-23-17/h3-13H,1-2H3,(H,25,26)/b24-12-. The van der Waals surface area contributed by atoms with Crippen LogP contribution >= 0.6 is 0 Å². The number of carbonyl (C=O) groups excluding carboxylic acids is 2. The van der Waals surface area contributed by atoms with E-state index in [0.717, 1.165) is 0 Å². The van der Waals surface area contributed by atoms with Crippen molar-refractivity contribution in [2.45, 2.75) is 0 Å². The highest BCUT2D eigenvalue weighted by atomic mass is 16.5. The van der Waals surface area contributed by atoms with Gasteiger partial charge in [0.25, 0.3) is 5.91 Å². The van der Waals surface area contributed by atoms with Crippen molar-refractivity contribution in [3.63, 3.8) is 0 Å². The molecule has 2 aromatic carbocycles. The number of methoxy groups -OCH3 is 2. The van der Waals surface area contributed by atoms with Gasteiger partial charge in [0.2, 0.25) is 0 Å². The summed E-state index contributed by atoms with van der Waals surface area (Å²) in [5, 5.41) is 3.87. The van der Waals surface area contributed by atoms with Crippen LogP contribution in [0.2, 0.25) is 0 Å². The van der Waals surface area contributed by atoms with Crippen LogP contribution < -0.4 is 19.6 Å². The summed E-state index contributed by atoms with van der Waals surface area (Å²) in [5.74, 6) is 0.301. The largest absolute Gasteiger partial charge is 0.493 e. The fourth-order valence-electron chi connectivity index (χ4n) is 2.39. The Bertz CT molecular complexity index is 1050. The van der Waals surface area contributed by atoms with Crippen LogP contribution in [-0.2, 0) is 0 Å². The maximum atomic E-state index is 12.3. The molecule has 0 bridgehead atoms. The van der Waals surface area contributed by atoms with Gasteiger partial charge in [-0.3, -0.25) is 9.78 Å². The highest BCUT2D eigenvalue weighted by molar-refractivity contribution is 5.93. The zero-order valence-electron chi connectivity index (χ0n) is 16.2. The Kier molecular flexibility index (Phi) is 6.67. The molecule has 30 heavy (non-hydrogen) atoms. The minimum atomic E-state index is -0.534. The van der Waals surface area contributed by atoms with Crippen LogP contribution in [-0.4, -0.2) is 42.3 Å². The van der Waals surface area contributed by atoms with Gasteiger partial charge < -0.3 is 14.2 Å². The minimum absolute atomic E-state index is 0.159. The normalized spacial score (nSPS) is 10.5. The van der Waals surface area contributed by atoms with E-state index in [0.29, 0.717) is 28.4 Å². The lowest BCUT2D eigenvalue weighted by molar-refractivity contribution is 0.0734. The Morgan fingerprint density at radius 1 is 1.00 bits per heavy atom. The van der Waals surface area contributed by atoms with Crippen molar-refractivity contribution < 1.29 is 23.8 Å². The molecule has 0 radical (unpaired) electrons. The van der Waals surface area contributed by atoms with Gasteiger partial charge in [-0.1, -0.05) is 0 Å². The maximum Gasteiger partial charge on any atom is 0.343 e. The molecule has 1 N–H and O–H groups in total. The Morgan fingerprint density at radius 3 is 2.43 bits per heavy atom. The number of benzene rings is 2. The molecule has 0 spiro atoms. The number of nitrogens with one attached hydrogen (secondary N) is 1. The average molecular weight is 406 g/mol. The number of amides is 1. The predicted octanol–water partition coefficient (Wildman–Crippen LogP) is 2.48. The lowest BCUT2D eigenvalue weighted by atomic mass is 10.2. The number of rotatable bonds is 7. The summed E-state index contributed by atoms with van der Waals surface area (Å²) in [6.07, 6.45) is 5.68. The molecule has 9 heteroatoms. The summed E-state index contributed by atoms with van der Waals surface area (Å²) < 4.78 is 15.7. The molecule has 0 saturated carbocycles. The number of aromatic nitrogens is 2. The maximum absolute atomic E-state index is 12.3. The summed E-state index contributed by atoms with van der Waals surface area (Å²) in [7, 11) is 3.00. The predicted molar refractivity (Wildman–Crippen MR) is 108 cm³/mol. The second-order valence-corrected chi connectivity index (χ2v) is 5.82. The van der Waals surface area contributed by atoms with Crippen LogP contribution in [0.4, 0.5) is 0 Å². The van der Waals surface area contributed by atoms with E-state index in [9.17, 15) is 9.59 Å². The van der Waals surface area contributed by atoms with Crippen molar-refractivity contribution >= 4 is 18.1 Å². The molecule has 3 aromatic rings. The Morgan fingerprint density at radius 2 is 1.77 bits per heavy atom. The molecule has 0 aliphatic carbocycles. The molecule has 1 heterocycles. The first-order valence-electron chi connectivity index (χ1n) is 8.74. The first-order chi connectivity index (χ1) is 14.6. The van der Waals surface area contributed by atoms with Gasteiger partial charge in [-0.15, -0.1) is 0 Å². The van der Waals surface area contributed by atoms with Crippen molar-refractivity contribution in [1.29, 1.82) is 0 Å². The van der Waals surface area contributed by atoms with Gasteiger partial charge in [0, 0.05) is 12.4 Å². The second-order valence-electron chi connectivity index (χ2n) is 5.82. The van der Waals surface area contributed by atoms with Crippen LogP contribution in [0.5, 0.6) is 17.2 Å². The van der Waals surface area contributed by atoms with Gasteiger partial charge in [0.1, 0.15) is 11.4 Å². The molecule has 0 saturated heterocycles. The first-order valence-corrected chi connectivity index (χ1v) is 8.74. The van der Waals surface area contributed by atoms with Crippen molar-refractivity contribution in [3.8, 4) is 17.2 Å². The van der Waals surface area contributed by atoms with Crippen LogP contribution in [0.15, 0.2) is 66.2 Å². The smallest absolute Gasteiger partial charge is 0.343 e. The highest BCUT2D eigenvalue weighted by Crippen LogP contribution is 2.28. The number of hydrogen-bond acceptors (Lipinski definition) is 8. The third kappa shape index (κ3) is 5.16. The molecule has 0 atom stereocenters. The van der Waals surface area contributed by atoms with Crippen molar-refractivity contribution in [3.05, 3.63) is 77.9 Å². The monoisotopic (exact) mass is 406 g/mol. The van der Waals surface area contributed by atoms with E-state index in [4.69, 9.17) is 14.2 Å². The summed E-state index contributed by atoms with van der Waals surface area (Å²) >= 11 is 0. The molecule has 0 fully saturated rings. The number of hydrazone groups is 1. The molecule has 9 nitrogen and oxygen atoms in total. The summed E-state index contributed by atoms with van der Waals surface area (Å²) in [4.78, 5) is 31.9. The van der Waals surface area contributed by atoms with E-state index in [1.165, 1.54) is 39.0 Å². The molecular formula is C21H18N4O5. The number of nitrogens with zero attached hydrogens (tertiary/aromatic N) is 3. The van der Waals surface area contributed by atoms with E-state index in [1.54, 1.807) is 42.5 Å². The number of esters is 1.